The summed E-state index contributed by atoms with van der Waals surface area (Å²) in [4.78, 5) is 42.7. The molecule has 174 valence electrons. The van der Waals surface area contributed by atoms with E-state index >= 15 is 0 Å². The first-order valence-corrected chi connectivity index (χ1v) is 11.7. The van der Waals surface area contributed by atoms with E-state index in [1.165, 1.54) is 9.80 Å². The molecule has 3 aromatic carbocycles. The van der Waals surface area contributed by atoms with Crippen molar-refractivity contribution >= 4 is 35.0 Å². The number of aryl methyl sites for hydroxylation is 1. The summed E-state index contributed by atoms with van der Waals surface area (Å²) in [7, 11) is 0. The van der Waals surface area contributed by atoms with Gasteiger partial charge in [0.25, 0.3) is 11.8 Å². The lowest BCUT2D eigenvalue weighted by Gasteiger charge is -2.28. The van der Waals surface area contributed by atoms with Crippen LogP contribution in [0.2, 0.25) is 5.02 Å². The molecule has 0 N–H and O–H groups in total. The van der Waals surface area contributed by atoms with E-state index in [4.69, 9.17) is 11.6 Å². The standard InChI is InChI=1S/C28H27ClN2O3/c1-18(2)20-12-14-23(15-13-20)31-26(32)16-25(28(31)34)30(17-22-6-4-5-7-24(22)29)27(33)21-10-8-19(3)9-11-21/h4-15,18,25H,16-17H2,1-3H3. The number of halogens is 1. The van der Waals surface area contributed by atoms with Gasteiger partial charge in [-0.1, -0.05) is 73.5 Å². The lowest BCUT2D eigenvalue weighted by atomic mass is 10.0. The zero-order chi connectivity index (χ0) is 24.4. The van der Waals surface area contributed by atoms with Crippen LogP contribution in [0.25, 0.3) is 0 Å². The second-order valence-corrected chi connectivity index (χ2v) is 9.33. The lowest BCUT2D eigenvalue weighted by Crippen LogP contribution is -2.45. The van der Waals surface area contributed by atoms with Gasteiger partial charge in [-0.3, -0.25) is 14.4 Å². The third-order valence-corrected chi connectivity index (χ3v) is 6.54. The Balaban J connectivity index is 1.68. The molecule has 1 heterocycles. The summed E-state index contributed by atoms with van der Waals surface area (Å²) in [5, 5.41) is 0.502. The van der Waals surface area contributed by atoms with Crippen LogP contribution in [0.4, 0.5) is 5.69 Å². The van der Waals surface area contributed by atoms with Crippen LogP contribution >= 0.6 is 11.6 Å². The number of hydrogen-bond donors (Lipinski definition) is 0. The van der Waals surface area contributed by atoms with Gasteiger partial charge in [-0.2, -0.15) is 0 Å². The Morgan fingerprint density at radius 2 is 1.65 bits per heavy atom. The minimum atomic E-state index is -0.914. The predicted molar refractivity (Wildman–Crippen MR) is 134 cm³/mol. The molecule has 0 aromatic heterocycles. The molecule has 0 bridgehead atoms. The average molecular weight is 475 g/mol. The van der Waals surface area contributed by atoms with Gasteiger partial charge in [-0.25, -0.2) is 4.90 Å². The van der Waals surface area contributed by atoms with Gasteiger partial charge in [0, 0.05) is 17.1 Å². The summed E-state index contributed by atoms with van der Waals surface area (Å²) < 4.78 is 0. The van der Waals surface area contributed by atoms with Crippen molar-refractivity contribution in [2.24, 2.45) is 0 Å². The van der Waals surface area contributed by atoms with Crippen molar-refractivity contribution in [3.8, 4) is 0 Å². The smallest absolute Gasteiger partial charge is 0.257 e. The van der Waals surface area contributed by atoms with E-state index in [1.54, 1.807) is 30.3 Å². The molecule has 1 aliphatic rings. The summed E-state index contributed by atoms with van der Waals surface area (Å²) in [5.74, 6) is -0.712. The first-order chi connectivity index (χ1) is 16.3. The Hall–Kier alpha value is -3.44. The first-order valence-electron chi connectivity index (χ1n) is 11.3. The molecular weight excluding hydrogens is 448 g/mol. The maximum absolute atomic E-state index is 13.6. The molecule has 3 amide bonds. The van der Waals surface area contributed by atoms with E-state index in [0.717, 1.165) is 11.1 Å². The third kappa shape index (κ3) is 4.75. The van der Waals surface area contributed by atoms with Crippen molar-refractivity contribution < 1.29 is 14.4 Å². The van der Waals surface area contributed by atoms with E-state index in [0.29, 0.717) is 27.8 Å². The Labute approximate surface area is 204 Å². The fraction of sp³-hybridized carbons (Fsp3) is 0.250. The van der Waals surface area contributed by atoms with Gasteiger partial charge < -0.3 is 4.90 Å². The molecule has 1 atom stereocenters. The summed E-state index contributed by atoms with van der Waals surface area (Å²) >= 11 is 6.38. The molecule has 3 aromatic rings. The van der Waals surface area contributed by atoms with Crippen molar-refractivity contribution in [3.05, 3.63) is 100 Å². The number of amides is 3. The average Bonchev–Trinajstić information content (AvgIpc) is 3.12. The quantitative estimate of drug-likeness (QED) is 0.427. The Morgan fingerprint density at radius 1 is 1.00 bits per heavy atom. The summed E-state index contributed by atoms with van der Waals surface area (Å²) in [5.41, 5.74) is 3.83. The van der Waals surface area contributed by atoms with Gasteiger partial charge in [-0.05, 0) is 54.3 Å². The number of benzene rings is 3. The highest BCUT2D eigenvalue weighted by molar-refractivity contribution is 6.31. The van der Waals surface area contributed by atoms with Crippen LogP contribution in [0, 0.1) is 6.92 Å². The highest BCUT2D eigenvalue weighted by Crippen LogP contribution is 2.30. The second kappa shape index (κ2) is 9.82. The molecule has 0 aliphatic carbocycles. The van der Waals surface area contributed by atoms with Crippen LogP contribution in [0.5, 0.6) is 0 Å². The van der Waals surface area contributed by atoms with Crippen LogP contribution in [-0.2, 0) is 16.1 Å². The van der Waals surface area contributed by atoms with Crippen molar-refractivity contribution in [2.45, 2.75) is 45.7 Å². The number of imide groups is 1. The van der Waals surface area contributed by atoms with Gasteiger partial charge in [0.1, 0.15) is 6.04 Å². The zero-order valence-corrected chi connectivity index (χ0v) is 20.3. The SMILES string of the molecule is Cc1ccc(C(=O)N(Cc2ccccc2Cl)C2CC(=O)N(c3ccc(C(C)C)cc3)C2=O)cc1. The zero-order valence-electron chi connectivity index (χ0n) is 19.5. The molecule has 0 radical (unpaired) electrons. The van der Waals surface area contributed by atoms with Gasteiger partial charge >= 0.3 is 0 Å². The number of nitrogens with zero attached hydrogens (tertiary/aromatic N) is 2. The molecular formula is C28H27ClN2O3. The van der Waals surface area contributed by atoms with Crippen molar-refractivity contribution in [2.75, 3.05) is 4.90 Å². The molecule has 0 spiro atoms. The van der Waals surface area contributed by atoms with Crippen LogP contribution in [0.1, 0.15) is 53.2 Å². The number of carbonyl (C=O) groups excluding carboxylic acids is 3. The predicted octanol–water partition coefficient (Wildman–Crippen LogP) is 5.75. The van der Waals surface area contributed by atoms with E-state index in [1.807, 2.05) is 49.4 Å². The van der Waals surface area contributed by atoms with Crippen LogP contribution in [-0.4, -0.2) is 28.7 Å². The normalized spacial score (nSPS) is 15.8. The minimum absolute atomic E-state index is 0.0766. The number of rotatable bonds is 6. The van der Waals surface area contributed by atoms with Crippen molar-refractivity contribution in [3.63, 3.8) is 0 Å². The summed E-state index contributed by atoms with van der Waals surface area (Å²) in [6, 6.07) is 20.9. The molecule has 34 heavy (non-hydrogen) atoms. The molecule has 1 fully saturated rings. The van der Waals surface area contributed by atoms with Crippen molar-refractivity contribution in [1.82, 2.24) is 4.90 Å². The Bertz CT molecular complexity index is 1220. The molecule has 1 unspecified atom stereocenters. The minimum Gasteiger partial charge on any atom is -0.322 e. The first kappa shape index (κ1) is 23.7. The highest BCUT2D eigenvalue weighted by atomic mass is 35.5. The van der Waals surface area contributed by atoms with E-state index in [9.17, 15) is 14.4 Å². The maximum atomic E-state index is 13.6. The topological polar surface area (TPSA) is 57.7 Å². The fourth-order valence-corrected chi connectivity index (χ4v) is 4.33. The van der Waals surface area contributed by atoms with E-state index in [-0.39, 0.29) is 24.8 Å². The number of hydrogen-bond acceptors (Lipinski definition) is 3. The van der Waals surface area contributed by atoms with Gasteiger partial charge in [0.15, 0.2) is 0 Å². The van der Waals surface area contributed by atoms with Crippen molar-refractivity contribution in [1.29, 1.82) is 0 Å². The molecule has 6 heteroatoms. The fourth-order valence-electron chi connectivity index (χ4n) is 4.13. The van der Waals surface area contributed by atoms with Gasteiger partial charge in [-0.15, -0.1) is 0 Å². The molecule has 1 aliphatic heterocycles. The monoisotopic (exact) mass is 474 g/mol. The molecule has 5 nitrogen and oxygen atoms in total. The molecule has 4 rings (SSSR count). The highest BCUT2D eigenvalue weighted by Gasteiger charge is 2.44. The second-order valence-electron chi connectivity index (χ2n) is 8.92. The number of anilines is 1. The Kier molecular flexibility index (Phi) is 6.85. The number of carbonyl (C=O) groups is 3. The largest absolute Gasteiger partial charge is 0.322 e. The summed E-state index contributed by atoms with van der Waals surface area (Å²) in [6.45, 7) is 6.23. The third-order valence-electron chi connectivity index (χ3n) is 6.17. The van der Waals surface area contributed by atoms with Crippen LogP contribution in [0.15, 0.2) is 72.8 Å². The van der Waals surface area contributed by atoms with E-state index < -0.39 is 11.9 Å². The van der Waals surface area contributed by atoms with E-state index in [2.05, 4.69) is 13.8 Å². The Morgan fingerprint density at radius 3 is 2.26 bits per heavy atom. The van der Waals surface area contributed by atoms with Crippen LogP contribution in [0.3, 0.4) is 0 Å². The summed E-state index contributed by atoms with van der Waals surface area (Å²) in [6.07, 6.45) is -0.0766. The maximum Gasteiger partial charge on any atom is 0.257 e. The lowest BCUT2D eigenvalue weighted by molar-refractivity contribution is -0.122. The molecule has 1 saturated heterocycles. The van der Waals surface area contributed by atoms with Gasteiger partial charge in [0.05, 0.1) is 12.1 Å². The van der Waals surface area contributed by atoms with Crippen LogP contribution < -0.4 is 4.90 Å². The van der Waals surface area contributed by atoms with Gasteiger partial charge in [0.2, 0.25) is 5.91 Å². The molecule has 0 saturated carbocycles.